The summed E-state index contributed by atoms with van der Waals surface area (Å²) in [5, 5.41) is 2.49. The summed E-state index contributed by atoms with van der Waals surface area (Å²) in [4.78, 5) is 31.7. The first-order chi connectivity index (χ1) is 12.5. The Morgan fingerprint density at radius 1 is 1.38 bits per heavy atom. The summed E-state index contributed by atoms with van der Waals surface area (Å²) >= 11 is 1.39. The molecule has 0 atom stereocenters. The van der Waals surface area contributed by atoms with Gasteiger partial charge in [0, 0.05) is 25.4 Å². The minimum Gasteiger partial charge on any atom is -0.492 e. The monoisotopic (exact) mass is 377 g/mol. The van der Waals surface area contributed by atoms with E-state index in [1.54, 1.807) is 29.0 Å². The van der Waals surface area contributed by atoms with Gasteiger partial charge in [0.2, 0.25) is 11.8 Å². The Bertz CT molecular complexity index is 778. The number of hydrogen-bond acceptors (Lipinski definition) is 5. The third-order valence-electron chi connectivity index (χ3n) is 4.11. The highest BCUT2D eigenvalue weighted by molar-refractivity contribution is 7.14. The summed E-state index contributed by atoms with van der Waals surface area (Å²) in [5.41, 5.74) is 0.668. The van der Waals surface area contributed by atoms with E-state index in [2.05, 4.69) is 4.98 Å². The van der Waals surface area contributed by atoms with Crippen LogP contribution in [0.4, 0.5) is 9.52 Å². The van der Waals surface area contributed by atoms with Crippen molar-refractivity contribution in [1.82, 2.24) is 9.88 Å². The van der Waals surface area contributed by atoms with Gasteiger partial charge in [-0.25, -0.2) is 9.37 Å². The molecule has 3 rings (SSSR count). The average Bonchev–Trinajstić information content (AvgIpc) is 3.25. The molecule has 1 aromatic heterocycles. The molecular formula is C18H20FN3O3S. The quantitative estimate of drug-likeness (QED) is 0.744. The van der Waals surface area contributed by atoms with Gasteiger partial charge in [-0.05, 0) is 30.7 Å². The number of thiazole rings is 1. The van der Waals surface area contributed by atoms with Gasteiger partial charge in [-0.3, -0.25) is 14.5 Å². The molecule has 1 aromatic carbocycles. The highest BCUT2D eigenvalue weighted by Crippen LogP contribution is 2.25. The predicted octanol–water partition coefficient (Wildman–Crippen LogP) is 2.49. The van der Waals surface area contributed by atoms with E-state index in [1.807, 2.05) is 5.38 Å². The molecule has 1 fully saturated rings. The van der Waals surface area contributed by atoms with Crippen LogP contribution < -0.4 is 9.64 Å². The number of aromatic nitrogens is 1. The number of likely N-dealkylation sites (N-methyl/N-ethyl adjacent to an activating group) is 1. The van der Waals surface area contributed by atoms with Crippen LogP contribution in [-0.2, 0) is 16.0 Å². The van der Waals surface area contributed by atoms with Gasteiger partial charge in [0.05, 0.1) is 18.7 Å². The van der Waals surface area contributed by atoms with Crippen LogP contribution in [0.3, 0.4) is 0 Å². The Morgan fingerprint density at radius 2 is 2.15 bits per heavy atom. The normalized spacial score (nSPS) is 13.9. The van der Waals surface area contributed by atoms with Gasteiger partial charge < -0.3 is 9.64 Å². The van der Waals surface area contributed by atoms with Crippen LogP contribution in [0.5, 0.6) is 5.75 Å². The van der Waals surface area contributed by atoms with E-state index in [0.717, 1.165) is 6.42 Å². The molecule has 0 saturated carbocycles. The van der Waals surface area contributed by atoms with Crippen molar-refractivity contribution in [3.63, 3.8) is 0 Å². The third-order valence-corrected chi connectivity index (χ3v) is 5.02. The Kier molecular flexibility index (Phi) is 5.82. The predicted molar refractivity (Wildman–Crippen MR) is 96.9 cm³/mol. The van der Waals surface area contributed by atoms with Crippen LogP contribution in [0.1, 0.15) is 18.5 Å². The lowest BCUT2D eigenvalue weighted by Crippen LogP contribution is -2.32. The second-order valence-corrected chi connectivity index (χ2v) is 6.90. The van der Waals surface area contributed by atoms with E-state index in [-0.39, 0.29) is 24.1 Å². The van der Waals surface area contributed by atoms with Crippen molar-refractivity contribution < 1.29 is 18.7 Å². The van der Waals surface area contributed by atoms with Crippen molar-refractivity contribution in [2.45, 2.75) is 19.3 Å². The van der Waals surface area contributed by atoms with Gasteiger partial charge in [0.25, 0.3) is 0 Å². The number of carbonyl (C=O) groups is 2. The molecule has 0 bridgehead atoms. The number of carbonyl (C=O) groups excluding carboxylic acids is 2. The van der Waals surface area contributed by atoms with Gasteiger partial charge in [0.15, 0.2) is 5.13 Å². The number of rotatable bonds is 7. The van der Waals surface area contributed by atoms with Gasteiger partial charge in [-0.2, -0.15) is 0 Å². The highest BCUT2D eigenvalue weighted by atomic mass is 32.1. The molecule has 0 unspecified atom stereocenters. The van der Waals surface area contributed by atoms with E-state index >= 15 is 0 Å². The van der Waals surface area contributed by atoms with Crippen molar-refractivity contribution in [2.24, 2.45) is 0 Å². The van der Waals surface area contributed by atoms with Crippen molar-refractivity contribution >= 4 is 28.3 Å². The fraction of sp³-hybridized carbons (Fsp3) is 0.389. The summed E-state index contributed by atoms with van der Waals surface area (Å²) in [6, 6.07) is 5.76. The number of halogens is 1. The zero-order valence-electron chi connectivity index (χ0n) is 14.5. The van der Waals surface area contributed by atoms with E-state index in [9.17, 15) is 14.0 Å². The first-order valence-corrected chi connectivity index (χ1v) is 9.28. The highest BCUT2D eigenvalue weighted by Gasteiger charge is 2.24. The first-order valence-electron chi connectivity index (χ1n) is 8.40. The lowest BCUT2D eigenvalue weighted by molar-refractivity contribution is -0.129. The summed E-state index contributed by atoms with van der Waals surface area (Å²) in [5.74, 6) is 0.263. The Hall–Kier alpha value is -2.48. The molecule has 2 amide bonds. The number of amides is 2. The average molecular weight is 377 g/mol. The van der Waals surface area contributed by atoms with Gasteiger partial charge >= 0.3 is 0 Å². The van der Waals surface area contributed by atoms with Crippen molar-refractivity contribution in [1.29, 1.82) is 0 Å². The smallest absolute Gasteiger partial charge is 0.228 e. The van der Waals surface area contributed by atoms with E-state index < -0.39 is 0 Å². The lowest BCUT2D eigenvalue weighted by atomic mass is 10.3. The first kappa shape index (κ1) is 18.3. The van der Waals surface area contributed by atoms with Crippen LogP contribution in [0.25, 0.3) is 0 Å². The van der Waals surface area contributed by atoms with Crippen LogP contribution in [0.15, 0.2) is 29.6 Å². The van der Waals surface area contributed by atoms with Crippen LogP contribution in [-0.4, -0.2) is 48.4 Å². The largest absolute Gasteiger partial charge is 0.492 e. The van der Waals surface area contributed by atoms with Gasteiger partial charge in [0.1, 0.15) is 18.2 Å². The molecule has 26 heavy (non-hydrogen) atoms. The minimum atomic E-state index is -0.317. The molecule has 0 radical (unpaired) electrons. The number of anilines is 1. The zero-order valence-corrected chi connectivity index (χ0v) is 15.3. The summed E-state index contributed by atoms with van der Waals surface area (Å²) < 4.78 is 18.3. The molecule has 6 nitrogen and oxygen atoms in total. The molecule has 1 saturated heterocycles. The molecule has 2 heterocycles. The standard InChI is InChI=1S/C18H20FN3O3S/c1-21(9-10-25-15-6-4-13(19)5-7-15)17(24)11-14-12-26-18(20-14)22-8-2-3-16(22)23/h4-7,12H,2-3,8-11H2,1H3. The molecule has 1 aliphatic rings. The second kappa shape index (κ2) is 8.27. The van der Waals surface area contributed by atoms with Gasteiger partial charge in [-0.1, -0.05) is 0 Å². The fourth-order valence-electron chi connectivity index (χ4n) is 2.60. The van der Waals surface area contributed by atoms with Crippen LogP contribution in [0.2, 0.25) is 0 Å². The fourth-order valence-corrected chi connectivity index (χ4v) is 3.47. The van der Waals surface area contributed by atoms with Gasteiger partial charge in [-0.15, -0.1) is 11.3 Å². The van der Waals surface area contributed by atoms with Crippen molar-refractivity contribution in [3.05, 3.63) is 41.2 Å². The number of nitrogens with zero attached hydrogens (tertiary/aromatic N) is 3. The number of ether oxygens (including phenoxy) is 1. The summed E-state index contributed by atoms with van der Waals surface area (Å²) in [6.07, 6.45) is 1.60. The molecule has 138 valence electrons. The van der Waals surface area contributed by atoms with Crippen molar-refractivity contribution in [2.75, 3.05) is 31.6 Å². The Balaban J connectivity index is 1.46. The van der Waals surface area contributed by atoms with E-state index in [4.69, 9.17) is 4.74 Å². The molecule has 1 aliphatic heterocycles. The molecular weight excluding hydrogens is 357 g/mol. The van der Waals surface area contributed by atoms with E-state index in [1.165, 1.54) is 23.5 Å². The number of hydrogen-bond donors (Lipinski definition) is 0. The summed E-state index contributed by atoms with van der Waals surface area (Å²) in [6.45, 7) is 1.43. The molecule has 8 heteroatoms. The molecule has 0 spiro atoms. The lowest BCUT2D eigenvalue weighted by Gasteiger charge is -2.17. The van der Waals surface area contributed by atoms with Crippen LogP contribution in [0, 0.1) is 5.82 Å². The number of benzene rings is 1. The Labute approximate surface area is 155 Å². The second-order valence-electron chi connectivity index (χ2n) is 6.06. The zero-order chi connectivity index (χ0) is 18.5. The maximum Gasteiger partial charge on any atom is 0.228 e. The Morgan fingerprint density at radius 3 is 2.85 bits per heavy atom. The topological polar surface area (TPSA) is 62.7 Å². The van der Waals surface area contributed by atoms with Crippen LogP contribution >= 0.6 is 11.3 Å². The maximum atomic E-state index is 12.8. The van der Waals surface area contributed by atoms with E-state index in [0.29, 0.717) is 42.7 Å². The third kappa shape index (κ3) is 4.57. The van der Waals surface area contributed by atoms with Crippen molar-refractivity contribution in [3.8, 4) is 5.75 Å². The minimum absolute atomic E-state index is 0.0719. The maximum absolute atomic E-state index is 12.8. The summed E-state index contributed by atoms with van der Waals surface area (Å²) in [7, 11) is 1.70. The SMILES string of the molecule is CN(CCOc1ccc(F)cc1)C(=O)Cc1csc(N2CCCC2=O)n1. The molecule has 0 aliphatic carbocycles. The molecule has 0 N–H and O–H groups in total. The molecule has 2 aromatic rings.